The van der Waals surface area contributed by atoms with E-state index in [-0.39, 0.29) is 11.9 Å². The summed E-state index contributed by atoms with van der Waals surface area (Å²) in [6, 6.07) is 7.84. The number of carbonyl (C=O) groups is 1. The summed E-state index contributed by atoms with van der Waals surface area (Å²) in [7, 11) is 0. The highest BCUT2D eigenvalue weighted by Gasteiger charge is 2.45. The number of nitrogens with one attached hydrogen (secondary N) is 1. The van der Waals surface area contributed by atoms with E-state index in [1.165, 1.54) is 11.3 Å². The third kappa shape index (κ3) is 1.74. The van der Waals surface area contributed by atoms with E-state index < -0.39 is 5.54 Å². The van der Waals surface area contributed by atoms with Gasteiger partial charge < -0.3 is 5.73 Å². The van der Waals surface area contributed by atoms with E-state index >= 15 is 0 Å². The Bertz CT molecular complexity index is 589. The molecule has 0 aliphatic carbocycles. The Balaban J connectivity index is 2.07. The van der Waals surface area contributed by atoms with Crippen LogP contribution in [-0.4, -0.2) is 11.9 Å². The van der Waals surface area contributed by atoms with Crippen molar-refractivity contribution in [2.45, 2.75) is 12.0 Å². The number of aliphatic imine (C=N–C) groups is 1. The molecule has 1 aliphatic heterocycles. The molecule has 6 heteroatoms. The molecule has 4 nitrogen and oxygen atoms in total. The number of guanidine groups is 1. The smallest absolute Gasteiger partial charge is 0.260 e. The molecule has 1 aliphatic rings. The molecule has 3 heterocycles. The molecule has 0 saturated heterocycles. The summed E-state index contributed by atoms with van der Waals surface area (Å²) in [5.74, 6) is 0.0563. The predicted octanol–water partition coefficient (Wildman–Crippen LogP) is 1.69. The van der Waals surface area contributed by atoms with Gasteiger partial charge in [-0.3, -0.25) is 10.1 Å². The maximum absolute atomic E-state index is 12.2. The summed E-state index contributed by atoms with van der Waals surface area (Å²) in [6.07, 6.45) is 0.553. The standard InChI is InChI=1S/C12H11N3OS2/c13-11-14-10(16)12(15-11,9-4-2-6-18-9)7-8-3-1-5-17-8/h1-6H,7H2,(H3,13,14,15,16). The lowest BCUT2D eigenvalue weighted by Gasteiger charge is -2.21. The fraction of sp³-hybridized carbons (Fsp3) is 0.167. The second kappa shape index (κ2) is 4.22. The quantitative estimate of drug-likeness (QED) is 0.896. The van der Waals surface area contributed by atoms with Gasteiger partial charge in [0.2, 0.25) is 0 Å². The first-order valence-corrected chi connectivity index (χ1v) is 7.20. The molecule has 1 amide bonds. The van der Waals surface area contributed by atoms with Crippen LogP contribution >= 0.6 is 22.7 Å². The van der Waals surface area contributed by atoms with Gasteiger partial charge in [0.1, 0.15) is 0 Å². The van der Waals surface area contributed by atoms with E-state index in [1.54, 1.807) is 11.3 Å². The van der Waals surface area contributed by atoms with E-state index in [9.17, 15) is 4.79 Å². The third-order valence-electron chi connectivity index (χ3n) is 2.87. The molecule has 0 saturated carbocycles. The first kappa shape index (κ1) is 11.4. The average Bonchev–Trinajstić information content (AvgIpc) is 3.03. The van der Waals surface area contributed by atoms with Gasteiger partial charge in [-0.15, -0.1) is 22.7 Å². The minimum Gasteiger partial charge on any atom is -0.370 e. The van der Waals surface area contributed by atoms with E-state index in [2.05, 4.69) is 10.3 Å². The molecule has 3 rings (SSSR count). The van der Waals surface area contributed by atoms with Crippen LogP contribution in [0.3, 0.4) is 0 Å². The van der Waals surface area contributed by atoms with Gasteiger partial charge >= 0.3 is 0 Å². The first-order valence-electron chi connectivity index (χ1n) is 5.44. The molecule has 2 aromatic heterocycles. The van der Waals surface area contributed by atoms with E-state index in [1.807, 2.05) is 35.0 Å². The third-order valence-corrected chi connectivity index (χ3v) is 4.76. The predicted molar refractivity (Wildman–Crippen MR) is 73.8 cm³/mol. The summed E-state index contributed by atoms with van der Waals surface area (Å²) in [5.41, 5.74) is 4.78. The Morgan fingerprint density at radius 3 is 2.61 bits per heavy atom. The lowest BCUT2D eigenvalue weighted by molar-refractivity contribution is -0.123. The molecule has 92 valence electrons. The highest BCUT2D eigenvalue weighted by atomic mass is 32.1. The van der Waals surface area contributed by atoms with Crippen LogP contribution in [0.25, 0.3) is 0 Å². The minimum absolute atomic E-state index is 0.143. The molecule has 1 atom stereocenters. The number of nitrogens with two attached hydrogens (primary N) is 1. The van der Waals surface area contributed by atoms with Crippen LogP contribution in [0.4, 0.5) is 0 Å². The SMILES string of the molecule is NC1=NC(Cc2cccs2)(c2cccs2)C(=O)N1. The molecule has 0 fully saturated rings. The van der Waals surface area contributed by atoms with Crippen molar-refractivity contribution in [1.29, 1.82) is 0 Å². The first-order chi connectivity index (χ1) is 8.71. The second-order valence-corrected chi connectivity index (χ2v) is 6.02. The second-order valence-electron chi connectivity index (χ2n) is 4.04. The molecule has 18 heavy (non-hydrogen) atoms. The van der Waals surface area contributed by atoms with Crippen LogP contribution in [0, 0.1) is 0 Å². The number of hydrogen-bond donors (Lipinski definition) is 2. The van der Waals surface area contributed by atoms with Crippen LogP contribution in [-0.2, 0) is 16.8 Å². The minimum atomic E-state index is -0.886. The van der Waals surface area contributed by atoms with Crippen molar-refractivity contribution in [2.75, 3.05) is 0 Å². The molecule has 3 N–H and O–H groups in total. The lowest BCUT2D eigenvalue weighted by Crippen LogP contribution is -2.39. The van der Waals surface area contributed by atoms with Crippen molar-refractivity contribution in [3.8, 4) is 0 Å². The van der Waals surface area contributed by atoms with Gasteiger partial charge in [0.05, 0.1) is 0 Å². The number of rotatable bonds is 3. The molecule has 1 unspecified atom stereocenters. The molecule has 0 aromatic carbocycles. The van der Waals surface area contributed by atoms with Gasteiger partial charge in [0.25, 0.3) is 5.91 Å². The van der Waals surface area contributed by atoms with Gasteiger partial charge in [-0.2, -0.15) is 0 Å². The maximum Gasteiger partial charge on any atom is 0.260 e. The van der Waals surface area contributed by atoms with Gasteiger partial charge in [-0.1, -0.05) is 12.1 Å². The Morgan fingerprint density at radius 1 is 1.28 bits per heavy atom. The Morgan fingerprint density at radius 2 is 2.06 bits per heavy atom. The van der Waals surface area contributed by atoms with Gasteiger partial charge in [-0.25, -0.2) is 4.99 Å². The summed E-state index contributed by atoms with van der Waals surface area (Å²) in [6.45, 7) is 0. The molecule has 0 spiro atoms. The van der Waals surface area contributed by atoms with E-state index in [4.69, 9.17) is 5.73 Å². The number of carbonyl (C=O) groups excluding carboxylic acids is 1. The average molecular weight is 277 g/mol. The number of thiophene rings is 2. The Hall–Kier alpha value is -1.66. The van der Waals surface area contributed by atoms with E-state index in [0.717, 1.165) is 9.75 Å². The Kier molecular flexibility index (Phi) is 2.68. The topological polar surface area (TPSA) is 67.5 Å². The zero-order chi connectivity index (χ0) is 12.6. The summed E-state index contributed by atoms with van der Waals surface area (Å²) in [4.78, 5) is 18.7. The highest BCUT2D eigenvalue weighted by molar-refractivity contribution is 7.10. The largest absolute Gasteiger partial charge is 0.370 e. The van der Waals surface area contributed by atoms with Crippen molar-refractivity contribution in [1.82, 2.24) is 5.32 Å². The highest BCUT2D eigenvalue weighted by Crippen LogP contribution is 2.36. The van der Waals surface area contributed by atoms with Gasteiger partial charge in [0, 0.05) is 16.2 Å². The fourth-order valence-electron chi connectivity index (χ4n) is 2.06. The molecule has 0 bridgehead atoms. The number of amides is 1. The Labute approximate surface area is 112 Å². The number of nitrogens with zero attached hydrogens (tertiary/aromatic N) is 1. The molecular formula is C12H11N3OS2. The van der Waals surface area contributed by atoms with Gasteiger partial charge in [0.15, 0.2) is 11.5 Å². The van der Waals surface area contributed by atoms with Crippen molar-refractivity contribution in [3.05, 3.63) is 44.8 Å². The lowest BCUT2D eigenvalue weighted by atomic mass is 9.93. The van der Waals surface area contributed by atoms with Crippen molar-refractivity contribution < 1.29 is 4.79 Å². The number of hydrogen-bond acceptors (Lipinski definition) is 5. The zero-order valence-corrected chi connectivity index (χ0v) is 11.1. The summed E-state index contributed by atoms with van der Waals surface area (Å²) in [5, 5.41) is 6.55. The molecule has 2 aromatic rings. The van der Waals surface area contributed by atoms with E-state index in [0.29, 0.717) is 6.42 Å². The normalized spacial score (nSPS) is 22.9. The van der Waals surface area contributed by atoms with Crippen LogP contribution in [0.2, 0.25) is 0 Å². The van der Waals surface area contributed by atoms with Crippen LogP contribution < -0.4 is 11.1 Å². The monoisotopic (exact) mass is 277 g/mol. The summed E-state index contributed by atoms with van der Waals surface area (Å²) >= 11 is 3.15. The van der Waals surface area contributed by atoms with Crippen molar-refractivity contribution in [2.24, 2.45) is 10.7 Å². The summed E-state index contributed by atoms with van der Waals surface area (Å²) < 4.78 is 0. The van der Waals surface area contributed by atoms with Gasteiger partial charge in [-0.05, 0) is 22.9 Å². The molecule has 0 radical (unpaired) electrons. The molecular weight excluding hydrogens is 266 g/mol. The van der Waals surface area contributed by atoms with Crippen LogP contribution in [0.15, 0.2) is 40.0 Å². The zero-order valence-electron chi connectivity index (χ0n) is 9.42. The van der Waals surface area contributed by atoms with Crippen molar-refractivity contribution >= 4 is 34.5 Å². The maximum atomic E-state index is 12.2. The fourth-order valence-corrected chi connectivity index (χ4v) is 3.70. The van der Waals surface area contributed by atoms with Crippen LogP contribution in [0.5, 0.6) is 0 Å². The van der Waals surface area contributed by atoms with Crippen molar-refractivity contribution in [3.63, 3.8) is 0 Å². The van der Waals surface area contributed by atoms with Crippen LogP contribution in [0.1, 0.15) is 9.75 Å².